The minimum atomic E-state index is -4.37. The molecule has 3 N–H and O–H groups in total. The Hall–Kier alpha value is -3.40. The largest absolute Gasteiger partial charge is 0.484 e. The van der Waals surface area contributed by atoms with Crippen molar-refractivity contribution in [2.75, 3.05) is 11.9 Å². The molecule has 156 valence electrons. The third-order valence-electron chi connectivity index (χ3n) is 3.95. The van der Waals surface area contributed by atoms with Crippen LogP contribution in [-0.4, -0.2) is 23.4 Å². The topological polar surface area (TPSA) is 94.3 Å². The van der Waals surface area contributed by atoms with Gasteiger partial charge in [-0.3, -0.25) is 14.9 Å². The second-order valence-electron chi connectivity index (χ2n) is 6.23. The van der Waals surface area contributed by atoms with E-state index in [2.05, 4.69) is 10.3 Å². The van der Waals surface area contributed by atoms with Crippen LogP contribution in [0.15, 0.2) is 54.7 Å². The number of carbonyl (C=O) groups excluding carboxylic acids is 2. The van der Waals surface area contributed by atoms with Gasteiger partial charge in [0.15, 0.2) is 11.7 Å². The highest BCUT2D eigenvalue weighted by Gasteiger charge is 2.29. The van der Waals surface area contributed by atoms with Crippen LogP contribution in [0.2, 0.25) is 0 Å². The number of alkyl halides is 3. The third kappa shape index (κ3) is 5.80. The van der Waals surface area contributed by atoms with E-state index in [0.29, 0.717) is 22.9 Å². The lowest BCUT2D eigenvalue weighted by molar-refractivity contribution is -0.137. The van der Waals surface area contributed by atoms with Crippen molar-refractivity contribution in [2.24, 2.45) is 5.73 Å². The van der Waals surface area contributed by atoms with Crippen molar-refractivity contribution in [1.82, 2.24) is 4.98 Å². The summed E-state index contributed by atoms with van der Waals surface area (Å²) < 4.78 is 43.2. The molecule has 0 fully saturated rings. The van der Waals surface area contributed by atoms with Crippen molar-refractivity contribution < 1.29 is 27.5 Å². The number of amides is 2. The van der Waals surface area contributed by atoms with Crippen LogP contribution in [0.5, 0.6) is 5.75 Å². The maximum absolute atomic E-state index is 12.6. The zero-order valence-corrected chi connectivity index (χ0v) is 16.2. The van der Waals surface area contributed by atoms with Gasteiger partial charge in [-0.15, -0.1) is 11.3 Å². The molecular formula is C20H16F3N3O3S. The van der Waals surface area contributed by atoms with Crippen LogP contribution in [0.25, 0.3) is 0 Å². The third-order valence-corrected chi connectivity index (χ3v) is 4.86. The van der Waals surface area contributed by atoms with Crippen LogP contribution in [0, 0.1) is 0 Å². The minimum absolute atomic E-state index is 0.265. The minimum Gasteiger partial charge on any atom is -0.484 e. The van der Waals surface area contributed by atoms with Crippen molar-refractivity contribution in [2.45, 2.75) is 12.6 Å². The van der Waals surface area contributed by atoms with E-state index in [1.807, 2.05) is 0 Å². The van der Waals surface area contributed by atoms with E-state index in [9.17, 15) is 22.8 Å². The Labute approximate surface area is 173 Å². The highest BCUT2D eigenvalue weighted by atomic mass is 32.1. The Morgan fingerprint density at radius 1 is 1.13 bits per heavy atom. The number of carbonyl (C=O) groups is 2. The van der Waals surface area contributed by atoms with Crippen LogP contribution >= 0.6 is 11.3 Å². The second-order valence-corrected chi connectivity index (χ2v) is 7.35. The van der Waals surface area contributed by atoms with E-state index in [1.165, 1.54) is 35.6 Å². The Morgan fingerprint density at radius 3 is 2.53 bits per heavy atom. The summed E-state index contributed by atoms with van der Waals surface area (Å²) in [5.41, 5.74) is 5.45. The number of halogens is 3. The summed E-state index contributed by atoms with van der Waals surface area (Å²) in [6.07, 6.45) is -2.43. The predicted molar refractivity (Wildman–Crippen MR) is 105 cm³/mol. The molecule has 1 heterocycles. The number of nitrogens with zero attached hydrogens (tertiary/aromatic N) is 1. The van der Waals surface area contributed by atoms with Gasteiger partial charge in [0.25, 0.3) is 5.91 Å². The number of ether oxygens (including phenoxy) is 1. The van der Waals surface area contributed by atoms with Gasteiger partial charge in [-0.2, -0.15) is 13.2 Å². The van der Waals surface area contributed by atoms with Crippen molar-refractivity contribution in [3.05, 3.63) is 76.3 Å². The molecule has 0 saturated heterocycles. The molecule has 6 nitrogen and oxygen atoms in total. The molecule has 0 radical (unpaired) electrons. The zero-order valence-electron chi connectivity index (χ0n) is 15.4. The number of rotatable bonds is 7. The van der Waals surface area contributed by atoms with Crippen LogP contribution in [0.3, 0.4) is 0 Å². The zero-order chi connectivity index (χ0) is 21.7. The lowest BCUT2D eigenvalue weighted by atomic mass is 10.1. The van der Waals surface area contributed by atoms with Gasteiger partial charge in [-0.05, 0) is 35.9 Å². The number of primary amides is 1. The average Bonchev–Trinajstić information content (AvgIpc) is 3.13. The maximum Gasteiger partial charge on any atom is 0.416 e. The normalized spacial score (nSPS) is 11.2. The van der Waals surface area contributed by atoms with Gasteiger partial charge in [0, 0.05) is 23.1 Å². The monoisotopic (exact) mass is 435 g/mol. The molecule has 2 amide bonds. The summed E-state index contributed by atoms with van der Waals surface area (Å²) in [6, 6.07) is 11.0. The first kappa shape index (κ1) is 21.3. The standard InChI is InChI=1S/C20H16F3N3O3S/c21-20(22,23)14-6-4-12(5-7-14)8-16-10-25-19(30-16)26-17(27)11-29-15-3-1-2-13(9-15)18(24)28/h1-7,9-10H,8,11H2,(H2,24,28)(H,25,26,27). The quantitative estimate of drug-likeness (QED) is 0.589. The molecule has 0 aliphatic rings. The average molecular weight is 435 g/mol. The summed E-state index contributed by atoms with van der Waals surface area (Å²) in [5.74, 6) is -0.730. The SMILES string of the molecule is NC(=O)c1cccc(OCC(=O)Nc2ncc(Cc3ccc(C(F)(F)F)cc3)s2)c1. The van der Waals surface area contributed by atoms with Crippen molar-refractivity contribution >= 4 is 28.3 Å². The van der Waals surface area contributed by atoms with Crippen LogP contribution in [0.1, 0.15) is 26.4 Å². The van der Waals surface area contributed by atoms with Crippen LogP contribution in [0.4, 0.5) is 18.3 Å². The summed E-state index contributed by atoms with van der Waals surface area (Å²) in [6.45, 7) is -0.296. The number of thiazole rings is 1. The van der Waals surface area contributed by atoms with E-state index in [0.717, 1.165) is 17.0 Å². The highest BCUT2D eigenvalue weighted by molar-refractivity contribution is 7.15. The smallest absolute Gasteiger partial charge is 0.416 e. The van der Waals surface area contributed by atoms with Crippen LogP contribution < -0.4 is 15.8 Å². The maximum atomic E-state index is 12.6. The fraction of sp³-hybridized carbons (Fsp3) is 0.150. The molecule has 0 bridgehead atoms. The van der Waals surface area contributed by atoms with Crippen molar-refractivity contribution in [3.63, 3.8) is 0 Å². The summed E-state index contributed by atoms with van der Waals surface area (Å²) in [5, 5.41) is 2.93. The van der Waals surface area contributed by atoms with Crippen molar-refractivity contribution in [1.29, 1.82) is 0 Å². The molecule has 3 rings (SSSR count). The van der Waals surface area contributed by atoms with Crippen molar-refractivity contribution in [3.8, 4) is 5.75 Å². The second kappa shape index (κ2) is 8.95. The number of nitrogens with one attached hydrogen (secondary N) is 1. The van der Waals surface area contributed by atoms with E-state index in [1.54, 1.807) is 18.3 Å². The summed E-state index contributed by atoms with van der Waals surface area (Å²) in [4.78, 5) is 28.1. The number of aromatic nitrogens is 1. The highest BCUT2D eigenvalue weighted by Crippen LogP contribution is 2.30. The Kier molecular flexibility index (Phi) is 6.36. The first-order chi connectivity index (χ1) is 14.2. The first-order valence-corrected chi connectivity index (χ1v) is 9.46. The summed E-state index contributed by atoms with van der Waals surface area (Å²) in [7, 11) is 0. The van der Waals surface area contributed by atoms with Gasteiger partial charge in [0.2, 0.25) is 5.91 Å². The first-order valence-electron chi connectivity index (χ1n) is 8.64. The number of anilines is 1. The molecular weight excluding hydrogens is 419 g/mol. The molecule has 3 aromatic rings. The molecule has 2 aromatic carbocycles. The number of hydrogen-bond donors (Lipinski definition) is 2. The van der Waals surface area contributed by atoms with Gasteiger partial charge in [-0.25, -0.2) is 4.98 Å². The van der Waals surface area contributed by atoms with E-state index in [-0.39, 0.29) is 12.2 Å². The number of nitrogens with two attached hydrogens (primary N) is 1. The van der Waals surface area contributed by atoms with Gasteiger partial charge in [0.05, 0.1) is 5.56 Å². The summed E-state index contributed by atoms with van der Waals surface area (Å²) >= 11 is 1.21. The fourth-order valence-corrected chi connectivity index (χ4v) is 3.37. The predicted octanol–water partition coefficient (Wildman–Crippen LogP) is 3.87. The molecule has 0 saturated carbocycles. The van der Waals surface area contributed by atoms with Gasteiger partial charge >= 0.3 is 6.18 Å². The Bertz CT molecular complexity index is 1050. The lowest BCUT2D eigenvalue weighted by Crippen LogP contribution is -2.20. The molecule has 0 unspecified atom stereocenters. The van der Waals surface area contributed by atoms with Gasteiger partial charge in [0.1, 0.15) is 5.75 Å². The molecule has 0 atom stereocenters. The number of benzene rings is 2. The van der Waals surface area contributed by atoms with Gasteiger partial charge in [-0.1, -0.05) is 18.2 Å². The molecule has 0 aliphatic carbocycles. The molecule has 30 heavy (non-hydrogen) atoms. The van der Waals surface area contributed by atoms with E-state index < -0.39 is 23.6 Å². The molecule has 0 spiro atoms. The van der Waals surface area contributed by atoms with Crippen LogP contribution in [-0.2, 0) is 17.4 Å². The van der Waals surface area contributed by atoms with E-state index in [4.69, 9.17) is 10.5 Å². The molecule has 10 heteroatoms. The Morgan fingerprint density at radius 2 is 1.87 bits per heavy atom. The Balaban J connectivity index is 1.53. The lowest BCUT2D eigenvalue weighted by Gasteiger charge is -2.07. The number of hydrogen-bond acceptors (Lipinski definition) is 5. The molecule has 1 aromatic heterocycles. The fourth-order valence-electron chi connectivity index (χ4n) is 2.50. The van der Waals surface area contributed by atoms with E-state index >= 15 is 0 Å². The molecule has 0 aliphatic heterocycles. The van der Waals surface area contributed by atoms with Gasteiger partial charge < -0.3 is 10.5 Å².